The number of halogens is 3. The molecule has 7 heteroatoms. The summed E-state index contributed by atoms with van der Waals surface area (Å²) in [5.41, 5.74) is -0.0178. The first kappa shape index (κ1) is 14.2. The maximum absolute atomic E-state index is 12.6. The van der Waals surface area contributed by atoms with E-state index in [9.17, 15) is 14.7 Å². The van der Waals surface area contributed by atoms with Crippen LogP contribution in [0.3, 0.4) is 0 Å². The molecular weight excluding hydrogens is 337 g/mol. The van der Waals surface area contributed by atoms with Crippen molar-refractivity contribution in [3.05, 3.63) is 55.1 Å². The summed E-state index contributed by atoms with van der Waals surface area (Å²) in [6, 6.07) is 5.64. The second kappa shape index (κ2) is 4.91. The third-order valence-corrected chi connectivity index (χ3v) is 3.99. The minimum Gasteiger partial charge on any atom is -0.478 e. The third kappa shape index (κ3) is 2.16. The molecule has 0 spiro atoms. The normalized spacial score (nSPS) is 11.2. The van der Waals surface area contributed by atoms with Gasteiger partial charge in [-0.25, -0.2) is 4.79 Å². The van der Waals surface area contributed by atoms with Gasteiger partial charge in [-0.05, 0) is 24.3 Å². The van der Waals surface area contributed by atoms with Gasteiger partial charge in [-0.2, -0.15) is 0 Å². The van der Waals surface area contributed by atoms with E-state index in [1.165, 1.54) is 24.3 Å². The zero-order valence-corrected chi connectivity index (χ0v) is 12.5. The van der Waals surface area contributed by atoms with Crippen molar-refractivity contribution < 1.29 is 9.90 Å². The van der Waals surface area contributed by atoms with Crippen molar-refractivity contribution in [1.82, 2.24) is 4.98 Å². The van der Waals surface area contributed by atoms with Crippen LogP contribution in [0.5, 0.6) is 0 Å². The van der Waals surface area contributed by atoms with Gasteiger partial charge < -0.3 is 10.1 Å². The molecule has 0 aliphatic heterocycles. The molecule has 3 rings (SSSR count). The number of rotatable bonds is 1. The van der Waals surface area contributed by atoms with Crippen molar-refractivity contribution in [2.45, 2.75) is 0 Å². The monoisotopic (exact) mass is 341 g/mol. The molecule has 106 valence electrons. The van der Waals surface area contributed by atoms with E-state index in [4.69, 9.17) is 34.8 Å². The SMILES string of the molecule is O=C(O)c1ccc(Cl)c2c(=O)c3cc(Cl)cc(Cl)c3[nH]c12. The number of carbonyl (C=O) groups is 1. The molecule has 0 aliphatic carbocycles. The fourth-order valence-electron chi connectivity index (χ4n) is 2.25. The fourth-order valence-corrected chi connectivity index (χ4v) is 3.03. The van der Waals surface area contributed by atoms with Crippen molar-refractivity contribution in [2.75, 3.05) is 0 Å². The number of hydrogen-bond acceptors (Lipinski definition) is 2. The van der Waals surface area contributed by atoms with Crippen LogP contribution in [0.15, 0.2) is 29.1 Å². The van der Waals surface area contributed by atoms with Crippen molar-refractivity contribution in [2.24, 2.45) is 0 Å². The molecule has 1 aromatic heterocycles. The van der Waals surface area contributed by atoms with Gasteiger partial charge in [-0.3, -0.25) is 4.79 Å². The number of hydrogen-bond donors (Lipinski definition) is 2. The number of aromatic nitrogens is 1. The first-order chi connectivity index (χ1) is 9.90. The minimum atomic E-state index is -1.17. The predicted molar refractivity (Wildman–Crippen MR) is 84.1 cm³/mol. The van der Waals surface area contributed by atoms with E-state index in [2.05, 4.69) is 4.98 Å². The smallest absolute Gasteiger partial charge is 0.337 e. The number of carboxylic acid groups (broad SMARTS) is 1. The number of nitrogens with one attached hydrogen (secondary N) is 1. The molecule has 3 aromatic rings. The highest BCUT2D eigenvalue weighted by Gasteiger charge is 2.17. The summed E-state index contributed by atoms with van der Waals surface area (Å²) in [6.45, 7) is 0. The van der Waals surface area contributed by atoms with Crippen LogP contribution in [-0.4, -0.2) is 16.1 Å². The molecular formula is C14H6Cl3NO3. The number of H-pyrrole nitrogens is 1. The summed E-state index contributed by atoms with van der Waals surface area (Å²) in [6.07, 6.45) is 0. The molecule has 0 saturated heterocycles. The fraction of sp³-hybridized carbons (Fsp3) is 0. The minimum absolute atomic E-state index is 0.0561. The molecule has 2 N–H and O–H groups in total. The quantitative estimate of drug-likeness (QED) is 0.646. The number of benzene rings is 2. The van der Waals surface area contributed by atoms with Crippen LogP contribution < -0.4 is 5.43 Å². The predicted octanol–water partition coefficient (Wildman–Crippen LogP) is 4.34. The van der Waals surface area contributed by atoms with E-state index in [1.54, 1.807) is 0 Å². The molecule has 1 heterocycles. The molecule has 4 nitrogen and oxygen atoms in total. The molecule has 0 atom stereocenters. The van der Waals surface area contributed by atoms with Gasteiger partial charge in [-0.15, -0.1) is 0 Å². The number of fused-ring (bicyclic) bond motifs is 2. The van der Waals surface area contributed by atoms with Gasteiger partial charge in [0.1, 0.15) is 0 Å². The van der Waals surface area contributed by atoms with Crippen LogP contribution in [-0.2, 0) is 0 Å². The van der Waals surface area contributed by atoms with E-state index in [0.29, 0.717) is 10.5 Å². The highest BCUT2D eigenvalue weighted by molar-refractivity contribution is 6.39. The first-order valence-corrected chi connectivity index (χ1v) is 6.90. The maximum atomic E-state index is 12.6. The van der Waals surface area contributed by atoms with Crippen molar-refractivity contribution >= 4 is 62.6 Å². The molecule has 0 bridgehead atoms. The van der Waals surface area contributed by atoms with Gasteiger partial charge in [-0.1, -0.05) is 34.8 Å². The summed E-state index contributed by atoms with van der Waals surface area (Å²) in [7, 11) is 0. The Hall–Kier alpha value is -1.75. The Morgan fingerprint density at radius 3 is 2.43 bits per heavy atom. The van der Waals surface area contributed by atoms with E-state index in [1.807, 2.05) is 0 Å². The average Bonchev–Trinajstić information content (AvgIpc) is 2.40. The molecule has 0 radical (unpaired) electrons. The van der Waals surface area contributed by atoms with Gasteiger partial charge in [0.2, 0.25) is 0 Å². The van der Waals surface area contributed by atoms with Crippen LogP contribution in [0.4, 0.5) is 0 Å². The molecule has 0 amide bonds. The Bertz CT molecular complexity index is 979. The van der Waals surface area contributed by atoms with E-state index in [-0.39, 0.29) is 31.9 Å². The summed E-state index contributed by atoms with van der Waals surface area (Å²) in [4.78, 5) is 26.7. The lowest BCUT2D eigenvalue weighted by atomic mass is 10.1. The van der Waals surface area contributed by atoms with Gasteiger partial charge >= 0.3 is 5.97 Å². The number of pyridine rings is 1. The lowest BCUT2D eigenvalue weighted by Gasteiger charge is -2.08. The zero-order valence-electron chi connectivity index (χ0n) is 10.2. The van der Waals surface area contributed by atoms with E-state index in [0.717, 1.165) is 0 Å². The van der Waals surface area contributed by atoms with Crippen molar-refractivity contribution in [1.29, 1.82) is 0 Å². The molecule has 21 heavy (non-hydrogen) atoms. The standard InChI is InChI=1S/C14H6Cl3NO3/c15-5-3-7-11(9(17)4-5)18-12-6(14(20)21)1-2-8(16)10(12)13(7)19/h1-4H,(H,18,19)(H,20,21). The van der Waals surface area contributed by atoms with Crippen LogP contribution >= 0.6 is 34.8 Å². The van der Waals surface area contributed by atoms with Gasteiger partial charge in [0, 0.05) is 10.4 Å². The lowest BCUT2D eigenvalue weighted by molar-refractivity contribution is 0.0699. The van der Waals surface area contributed by atoms with Crippen molar-refractivity contribution in [3.63, 3.8) is 0 Å². The Morgan fingerprint density at radius 2 is 1.76 bits per heavy atom. The van der Waals surface area contributed by atoms with Crippen LogP contribution in [0, 0.1) is 0 Å². The van der Waals surface area contributed by atoms with Crippen LogP contribution in [0.2, 0.25) is 15.1 Å². The highest BCUT2D eigenvalue weighted by Crippen LogP contribution is 2.29. The molecule has 0 aliphatic rings. The molecule has 2 aromatic carbocycles. The Balaban J connectivity index is 2.66. The van der Waals surface area contributed by atoms with Gasteiger partial charge in [0.25, 0.3) is 0 Å². The number of aromatic carboxylic acids is 1. The lowest BCUT2D eigenvalue weighted by Crippen LogP contribution is -2.09. The first-order valence-electron chi connectivity index (χ1n) is 5.76. The zero-order chi connectivity index (χ0) is 15.3. The maximum Gasteiger partial charge on any atom is 0.337 e. The van der Waals surface area contributed by atoms with Crippen LogP contribution in [0.25, 0.3) is 21.8 Å². The van der Waals surface area contributed by atoms with E-state index >= 15 is 0 Å². The summed E-state index contributed by atoms with van der Waals surface area (Å²) < 4.78 is 0. The number of carboxylic acids is 1. The van der Waals surface area contributed by atoms with E-state index < -0.39 is 11.4 Å². The van der Waals surface area contributed by atoms with Crippen LogP contribution in [0.1, 0.15) is 10.4 Å². The highest BCUT2D eigenvalue weighted by atomic mass is 35.5. The van der Waals surface area contributed by atoms with Gasteiger partial charge in [0.15, 0.2) is 5.43 Å². The summed E-state index contributed by atoms with van der Waals surface area (Å²) in [5.74, 6) is -1.17. The second-order valence-electron chi connectivity index (χ2n) is 4.41. The average molecular weight is 343 g/mol. The molecule has 0 saturated carbocycles. The van der Waals surface area contributed by atoms with Gasteiger partial charge in [0.05, 0.1) is 32.0 Å². The third-order valence-electron chi connectivity index (χ3n) is 3.16. The Labute approximate surface area is 132 Å². The molecule has 0 unspecified atom stereocenters. The largest absolute Gasteiger partial charge is 0.478 e. The summed E-state index contributed by atoms with van der Waals surface area (Å²) in [5, 5.41) is 10.3. The topological polar surface area (TPSA) is 70.2 Å². The van der Waals surface area contributed by atoms with Crippen molar-refractivity contribution in [3.8, 4) is 0 Å². The molecule has 0 fully saturated rings. The summed E-state index contributed by atoms with van der Waals surface area (Å²) >= 11 is 18.0. The second-order valence-corrected chi connectivity index (χ2v) is 5.67. The number of aromatic amines is 1. The Morgan fingerprint density at radius 1 is 1.05 bits per heavy atom. The Kier molecular flexibility index (Phi) is 3.32.